The van der Waals surface area contributed by atoms with Gasteiger partial charge in [-0.15, -0.1) is 0 Å². The number of nitrogens with zero attached hydrogens (tertiary/aromatic N) is 3. The Morgan fingerprint density at radius 1 is 0.925 bits per heavy atom. The Balaban J connectivity index is 0.000000482. The first kappa shape index (κ1) is 33.3. The minimum Gasteiger partial charge on any atom is -0.367 e. The van der Waals surface area contributed by atoms with Crippen molar-refractivity contribution in [1.29, 1.82) is 0 Å². The fourth-order valence-electron chi connectivity index (χ4n) is 3.69. The molecule has 1 fully saturated rings. The lowest BCUT2D eigenvalue weighted by molar-refractivity contribution is -0.137. The summed E-state index contributed by atoms with van der Waals surface area (Å²) in [5, 5.41) is 4.22. The molecular weight excluding hydrogens is 589 g/mol. The molecular formula is C22H28F5N5O6S2. The third-order valence-electron chi connectivity index (χ3n) is 5.34. The van der Waals surface area contributed by atoms with Gasteiger partial charge in [-0.25, -0.2) is 9.97 Å². The van der Waals surface area contributed by atoms with Crippen LogP contribution in [-0.4, -0.2) is 84.0 Å². The van der Waals surface area contributed by atoms with E-state index >= 15 is 0 Å². The van der Waals surface area contributed by atoms with Crippen molar-refractivity contribution in [3.05, 3.63) is 54.0 Å². The first-order chi connectivity index (χ1) is 18.2. The van der Waals surface area contributed by atoms with Gasteiger partial charge in [0.05, 0.1) is 30.0 Å². The largest absolute Gasteiger partial charge is 0.416 e. The number of likely N-dealkylation sites (tertiary alicyclic amines) is 1. The number of aromatic amines is 1. The van der Waals surface area contributed by atoms with Crippen molar-refractivity contribution in [2.24, 2.45) is 0 Å². The van der Waals surface area contributed by atoms with E-state index in [1.807, 2.05) is 6.07 Å². The second kappa shape index (κ2) is 13.2. The van der Waals surface area contributed by atoms with Gasteiger partial charge in [0.2, 0.25) is 0 Å². The number of aromatic nitrogens is 3. The minimum atomic E-state index is -4.54. The molecule has 0 amide bonds. The molecule has 4 rings (SSSR count). The van der Waals surface area contributed by atoms with Crippen LogP contribution in [0.25, 0.3) is 11.0 Å². The van der Waals surface area contributed by atoms with E-state index in [1.165, 1.54) is 6.33 Å². The Morgan fingerprint density at radius 3 is 1.93 bits per heavy atom. The highest BCUT2D eigenvalue weighted by atomic mass is 32.2. The molecule has 11 nitrogen and oxygen atoms in total. The maximum Gasteiger partial charge on any atom is 0.416 e. The van der Waals surface area contributed by atoms with Crippen LogP contribution in [0.5, 0.6) is 0 Å². The molecule has 0 saturated carbocycles. The molecule has 40 heavy (non-hydrogen) atoms. The number of rotatable bonds is 5. The molecule has 1 saturated heterocycles. The van der Waals surface area contributed by atoms with Crippen molar-refractivity contribution in [1.82, 2.24) is 19.9 Å². The molecule has 18 heteroatoms. The molecule has 1 aliphatic rings. The lowest BCUT2D eigenvalue weighted by atomic mass is 10.0. The molecule has 0 bridgehead atoms. The molecule has 3 aromatic rings. The first-order valence-electron chi connectivity index (χ1n) is 11.4. The number of nitrogens with one attached hydrogen (secondary N) is 2. The monoisotopic (exact) mass is 617 g/mol. The number of piperidine rings is 1. The summed E-state index contributed by atoms with van der Waals surface area (Å²) in [5.74, 6) is -2.52. The smallest absolute Gasteiger partial charge is 0.367 e. The second-order valence-electron chi connectivity index (χ2n) is 8.90. The van der Waals surface area contributed by atoms with Crippen molar-refractivity contribution < 1.29 is 47.9 Å². The van der Waals surface area contributed by atoms with Crippen LogP contribution in [0.2, 0.25) is 0 Å². The molecule has 1 aliphatic heterocycles. The molecule has 0 aliphatic carbocycles. The summed E-state index contributed by atoms with van der Waals surface area (Å²) >= 11 is 0. The average Bonchev–Trinajstić information content (AvgIpc) is 3.28. The van der Waals surface area contributed by atoms with E-state index in [4.69, 9.17) is 9.11 Å². The van der Waals surface area contributed by atoms with E-state index in [1.54, 1.807) is 11.1 Å². The van der Waals surface area contributed by atoms with Gasteiger partial charge >= 0.3 is 6.18 Å². The number of alkyl halides is 5. The van der Waals surface area contributed by atoms with Crippen LogP contribution < -0.4 is 5.32 Å². The van der Waals surface area contributed by atoms with Gasteiger partial charge in [0, 0.05) is 30.9 Å². The van der Waals surface area contributed by atoms with E-state index in [2.05, 4.69) is 20.3 Å². The number of H-pyrrole nitrogens is 1. The lowest BCUT2D eigenvalue weighted by Gasteiger charge is -2.34. The van der Waals surface area contributed by atoms with Gasteiger partial charge in [0.15, 0.2) is 0 Å². The molecule has 224 valence electrons. The van der Waals surface area contributed by atoms with Crippen LogP contribution in [0, 0.1) is 0 Å². The topological polar surface area (TPSA) is 166 Å². The van der Waals surface area contributed by atoms with Crippen LogP contribution in [0.4, 0.5) is 27.8 Å². The van der Waals surface area contributed by atoms with E-state index in [0.29, 0.717) is 56.4 Å². The summed E-state index contributed by atoms with van der Waals surface area (Å²) in [4.78, 5) is 13.0. The quantitative estimate of drug-likeness (QED) is 0.245. The number of halogens is 5. The fraction of sp³-hybridized carbons (Fsp3) is 0.455. The Bertz CT molecular complexity index is 1410. The van der Waals surface area contributed by atoms with Crippen molar-refractivity contribution in [3.8, 4) is 0 Å². The third-order valence-corrected chi connectivity index (χ3v) is 5.34. The van der Waals surface area contributed by atoms with Crippen molar-refractivity contribution in [3.63, 3.8) is 0 Å². The number of hydrogen-bond donors (Lipinski definition) is 4. The van der Waals surface area contributed by atoms with Crippen LogP contribution in [-0.2, 0) is 32.3 Å². The standard InChI is InChI=1S/C20H20F5N5.2CH4O3S/c21-19(22,13-1-3-14(4-2-13)20(23,24)25)11-30-9-6-15(7-10-30)29-18-16-5-8-26-17(16)27-12-28-18;2*1-5(2,3)4/h1-5,8,12,15H,6-7,9-11H2,(H2,26,27,28,29);2*1H3,(H,2,3,4). The maximum atomic E-state index is 14.6. The maximum absolute atomic E-state index is 14.6. The Morgan fingerprint density at radius 2 is 1.43 bits per heavy atom. The SMILES string of the molecule is CS(=O)(=O)O.CS(=O)(=O)O.FC(F)(F)c1ccc(C(F)(F)CN2CCC(Nc3ncnc4[nH]ccc34)CC2)cc1. The Hall–Kier alpha value is -2.93. The molecule has 0 radical (unpaired) electrons. The Kier molecular flexibility index (Phi) is 10.9. The fourth-order valence-corrected chi connectivity index (χ4v) is 3.69. The predicted molar refractivity (Wildman–Crippen MR) is 137 cm³/mol. The van der Waals surface area contributed by atoms with Gasteiger partial charge in [-0.3, -0.25) is 14.0 Å². The zero-order valence-corrected chi connectivity index (χ0v) is 22.9. The first-order valence-corrected chi connectivity index (χ1v) is 15.1. The third kappa shape index (κ3) is 12.1. The van der Waals surface area contributed by atoms with Crippen LogP contribution in [0.1, 0.15) is 24.0 Å². The second-order valence-corrected chi connectivity index (χ2v) is 11.8. The van der Waals surface area contributed by atoms with E-state index in [9.17, 15) is 38.8 Å². The summed E-state index contributed by atoms with van der Waals surface area (Å²) in [6, 6.07) is 5.07. The molecule has 2 aromatic heterocycles. The van der Waals surface area contributed by atoms with Crippen LogP contribution in [0.15, 0.2) is 42.9 Å². The molecule has 0 unspecified atom stereocenters. The van der Waals surface area contributed by atoms with E-state index in [-0.39, 0.29) is 6.04 Å². The highest BCUT2D eigenvalue weighted by molar-refractivity contribution is 7.85. The molecule has 0 atom stereocenters. The highest BCUT2D eigenvalue weighted by Crippen LogP contribution is 2.34. The van der Waals surface area contributed by atoms with Gasteiger partial charge in [0.1, 0.15) is 17.8 Å². The molecule has 4 N–H and O–H groups in total. The Labute approximate surface area is 227 Å². The molecule has 3 heterocycles. The van der Waals surface area contributed by atoms with Crippen LogP contribution >= 0.6 is 0 Å². The molecule has 0 spiro atoms. The zero-order chi connectivity index (χ0) is 30.4. The average molecular weight is 618 g/mol. The van der Waals surface area contributed by atoms with Crippen LogP contribution in [0.3, 0.4) is 0 Å². The lowest BCUT2D eigenvalue weighted by Crippen LogP contribution is -2.43. The van der Waals surface area contributed by atoms with Gasteiger partial charge in [-0.05, 0) is 31.0 Å². The number of benzene rings is 1. The van der Waals surface area contributed by atoms with Gasteiger partial charge in [-0.2, -0.15) is 38.8 Å². The normalized spacial score (nSPS) is 15.5. The van der Waals surface area contributed by atoms with Gasteiger partial charge in [0.25, 0.3) is 26.2 Å². The summed E-state index contributed by atoms with van der Waals surface area (Å²) < 4.78 is 119. The summed E-state index contributed by atoms with van der Waals surface area (Å²) in [5.41, 5.74) is -0.622. The van der Waals surface area contributed by atoms with E-state index in [0.717, 1.165) is 23.2 Å². The molecule has 1 aromatic carbocycles. The number of fused-ring (bicyclic) bond motifs is 1. The number of hydrogen-bond acceptors (Lipinski definition) is 8. The summed E-state index contributed by atoms with van der Waals surface area (Å²) in [7, 11) is -7.33. The van der Waals surface area contributed by atoms with E-state index < -0.39 is 50.0 Å². The zero-order valence-electron chi connectivity index (χ0n) is 21.2. The van der Waals surface area contributed by atoms with Crippen molar-refractivity contribution in [2.75, 3.05) is 37.5 Å². The number of anilines is 1. The minimum absolute atomic E-state index is 0.0916. The summed E-state index contributed by atoms with van der Waals surface area (Å²) in [6.45, 7) is 0.380. The van der Waals surface area contributed by atoms with Crippen molar-refractivity contribution in [2.45, 2.75) is 31.0 Å². The highest BCUT2D eigenvalue weighted by Gasteiger charge is 2.37. The van der Waals surface area contributed by atoms with Gasteiger partial charge in [-0.1, -0.05) is 12.1 Å². The predicted octanol–water partition coefficient (Wildman–Crippen LogP) is 3.65. The van der Waals surface area contributed by atoms with Crippen molar-refractivity contribution >= 4 is 37.1 Å². The summed E-state index contributed by atoms with van der Waals surface area (Å²) in [6.07, 6.45) is 1.42. The van der Waals surface area contributed by atoms with Gasteiger partial charge < -0.3 is 10.3 Å².